The predicted molar refractivity (Wildman–Crippen MR) is 142 cm³/mol. The molecule has 1 unspecified atom stereocenters. The fourth-order valence-electron chi connectivity index (χ4n) is 4.10. The zero-order valence-electron chi connectivity index (χ0n) is 20.0. The molecule has 1 aliphatic heterocycles. The molecule has 0 bridgehead atoms. The summed E-state index contributed by atoms with van der Waals surface area (Å²) >= 11 is 6.30. The van der Waals surface area contributed by atoms with Gasteiger partial charge in [0.15, 0.2) is 6.19 Å². The van der Waals surface area contributed by atoms with Gasteiger partial charge >= 0.3 is 0 Å². The molecule has 0 saturated carbocycles. The van der Waals surface area contributed by atoms with Crippen molar-refractivity contribution in [3.8, 4) is 29.5 Å². The van der Waals surface area contributed by atoms with Gasteiger partial charge in [0.1, 0.15) is 53.1 Å². The third-order valence-electron chi connectivity index (χ3n) is 5.93. The van der Waals surface area contributed by atoms with Crippen molar-refractivity contribution in [2.45, 2.75) is 19.6 Å². The molecular weight excluding hydrogens is 506 g/mol. The first kappa shape index (κ1) is 24.4. The van der Waals surface area contributed by atoms with Crippen LogP contribution in [0.1, 0.15) is 34.2 Å². The minimum atomic E-state index is -0.754. The molecule has 2 aromatic carbocycles. The van der Waals surface area contributed by atoms with Crippen LogP contribution < -0.4 is 26.8 Å². The SMILES string of the molecule is Cc1oc(-c2ccccc2Cl)nc1COc1ccccc1C1N=C(NC#N)Nc2nc(N)c(C#N)c(N)c21. The van der Waals surface area contributed by atoms with Crippen molar-refractivity contribution in [1.29, 1.82) is 10.5 Å². The van der Waals surface area contributed by atoms with E-state index in [0.29, 0.717) is 44.8 Å². The van der Waals surface area contributed by atoms with Crippen molar-refractivity contribution in [1.82, 2.24) is 15.3 Å². The van der Waals surface area contributed by atoms with Crippen molar-refractivity contribution in [2.24, 2.45) is 4.99 Å². The van der Waals surface area contributed by atoms with Crippen LogP contribution >= 0.6 is 11.6 Å². The maximum Gasteiger partial charge on any atom is 0.228 e. The molecule has 0 fully saturated rings. The number of hydrogen-bond donors (Lipinski definition) is 4. The number of aryl methyl sites for hydroxylation is 1. The molecule has 0 spiro atoms. The molecule has 6 N–H and O–H groups in total. The number of guanidine groups is 1. The fourth-order valence-corrected chi connectivity index (χ4v) is 4.32. The van der Waals surface area contributed by atoms with E-state index in [0.717, 1.165) is 0 Å². The number of hydrogen-bond acceptors (Lipinski definition) is 11. The molecule has 1 aliphatic rings. The quantitative estimate of drug-likeness (QED) is 0.217. The molecule has 0 radical (unpaired) electrons. The molecule has 2 aromatic heterocycles. The van der Waals surface area contributed by atoms with E-state index in [1.807, 2.05) is 48.7 Å². The molecule has 0 amide bonds. The maximum absolute atomic E-state index is 9.58. The highest BCUT2D eigenvalue weighted by atomic mass is 35.5. The van der Waals surface area contributed by atoms with Crippen LogP contribution in [0.4, 0.5) is 17.3 Å². The number of nitriles is 2. The highest BCUT2D eigenvalue weighted by molar-refractivity contribution is 6.33. The monoisotopic (exact) mass is 525 g/mol. The van der Waals surface area contributed by atoms with E-state index in [2.05, 4.69) is 25.6 Å². The first-order valence-corrected chi connectivity index (χ1v) is 11.7. The summed E-state index contributed by atoms with van der Waals surface area (Å²) in [5.41, 5.74) is 14.8. The van der Waals surface area contributed by atoms with E-state index < -0.39 is 6.04 Å². The van der Waals surface area contributed by atoms with E-state index in [1.165, 1.54) is 0 Å². The van der Waals surface area contributed by atoms with Gasteiger partial charge in [0.25, 0.3) is 0 Å². The summed E-state index contributed by atoms with van der Waals surface area (Å²) in [6.07, 6.45) is 1.83. The van der Waals surface area contributed by atoms with Crippen LogP contribution in [0.3, 0.4) is 0 Å². The average molecular weight is 526 g/mol. The number of ether oxygens (including phenoxy) is 1. The van der Waals surface area contributed by atoms with Gasteiger partial charge in [0.05, 0.1) is 16.3 Å². The number of nitrogens with zero attached hydrogens (tertiary/aromatic N) is 5. The largest absolute Gasteiger partial charge is 0.487 e. The maximum atomic E-state index is 9.58. The minimum Gasteiger partial charge on any atom is -0.487 e. The molecule has 5 rings (SSSR count). The van der Waals surface area contributed by atoms with Gasteiger partial charge in [-0.1, -0.05) is 41.9 Å². The Balaban J connectivity index is 1.52. The summed E-state index contributed by atoms with van der Waals surface area (Å²) in [4.78, 5) is 13.5. The molecule has 4 aromatic rings. The lowest BCUT2D eigenvalue weighted by atomic mass is 9.94. The van der Waals surface area contributed by atoms with Crippen LogP contribution in [-0.2, 0) is 6.61 Å². The molecule has 11 nitrogen and oxygen atoms in total. The van der Waals surface area contributed by atoms with Crippen LogP contribution in [0.25, 0.3) is 11.5 Å². The van der Waals surface area contributed by atoms with E-state index in [-0.39, 0.29) is 35.5 Å². The topological polar surface area (TPSA) is 184 Å². The van der Waals surface area contributed by atoms with E-state index in [1.54, 1.807) is 19.1 Å². The Morgan fingerprint density at radius 1 is 1.13 bits per heavy atom. The van der Waals surface area contributed by atoms with Gasteiger partial charge in [-0.3, -0.25) is 5.32 Å². The van der Waals surface area contributed by atoms with Crippen LogP contribution in [0.15, 0.2) is 57.9 Å². The molecule has 12 heteroatoms. The number of anilines is 3. The summed E-state index contributed by atoms with van der Waals surface area (Å²) in [5.74, 6) is 1.86. The van der Waals surface area contributed by atoms with Crippen LogP contribution in [0.2, 0.25) is 5.02 Å². The van der Waals surface area contributed by atoms with Gasteiger partial charge in [0.2, 0.25) is 11.9 Å². The number of nitrogens with two attached hydrogens (primary N) is 2. The summed E-state index contributed by atoms with van der Waals surface area (Å²) in [7, 11) is 0. The Morgan fingerprint density at radius 3 is 2.66 bits per heavy atom. The summed E-state index contributed by atoms with van der Waals surface area (Å²) < 4.78 is 12.0. The van der Waals surface area contributed by atoms with Crippen molar-refractivity contribution in [3.05, 3.63) is 81.7 Å². The third kappa shape index (κ3) is 4.39. The van der Waals surface area contributed by atoms with E-state index in [9.17, 15) is 5.26 Å². The molecule has 1 atom stereocenters. The van der Waals surface area contributed by atoms with Crippen molar-refractivity contribution in [3.63, 3.8) is 0 Å². The minimum absolute atomic E-state index is 0.0337. The predicted octanol–water partition coefficient (Wildman–Crippen LogP) is 4.26. The number of pyridine rings is 1. The number of rotatable bonds is 5. The van der Waals surface area contributed by atoms with Crippen LogP contribution in [0.5, 0.6) is 5.75 Å². The third-order valence-corrected chi connectivity index (χ3v) is 6.26. The summed E-state index contributed by atoms with van der Waals surface area (Å²) in [6.45, 7) is 1.89. The Hall–Kier alpha value is -5.26. The first-order chi connectivity index (χ1) is 18.4. The Labute approximate surface area is 222 Å². The normalized spacial score (nSPS) is 13.9. The van der Waals surface area contributed by atoms with E-state index in [4.69, 9.17) is 37.5 Å². The lowest BCUT2D eigenvalue weighted by Gasteiger charge is -2.27. The highest BCUT2D eigenvalue weighted by Crippen LogP contribution is 2.43. The molecule has 0 saturated heterocycles. The number of aliphatic imine (C=N–C) groups is 1. The molecule has 0 aliphatic carbocycles. The van der Waals surface area contributed by atoms with Gasteiger partial charge in [-0.15, -0.1) is 0 Å². The molecule has 188 valence electrons. The van der Waals surface area contributed by atoms with Crippen molar-refractivity contribution in [2.75, 3.05) is 16.8 Å². The second kappa shape index (κ2) is 10.0. The molecule has 38 heavy (non-hydrogen) atoms. The van der Waals surface area contributed by atoms with Gasteiger partial charge in [0, 0.05) is 11.1 Å². The Kier molecular flexibility index (Phi) is 6.44. The second-order valence-corrected chi connectivity index (χ2v) is 8.64. The standard InChI is InChI=1S/C26H20ClN9O2/c1-13-18(33-25(38-13)14-6-2-4-8-17(14)27)11-37-19-9-5-3-7-15(19)22-20-21(30)16(10-28)23(31)35-24(20)36-26(34-22)32-12-29/h2-9,22H,11H2,1H3,(H6,30,31,32,34,35,36). The van der Waals surface area contributed by atoms with Crippen LogP contribution in [0, 0.1) is 29.7 Å². The van der Waals surface area contributed by atoms with Gasteiger partial charge in [-0.05, 0) is 25.1 Å². The number of nitrogens with one attached hydrogen (secondary N) is 2. The van der Waals surface area contributed by atoms with Crippen LogP contribution in [-0.4, -0.2) is 15.9 Å². The number of nitrogen functional groups attached to an aromatic ring is 2. The number of halogens is 1. The number of aromatic nitrogens is 2. The van der Waals surface area contributed by atoms with Gasteiger partial charge < -0.3 is 25.9 Å². The number of benzene rings is 2. The zero-order valence-corrected chi connectivity index (χ0v) is 20.7. The number of para-hydroxylation sites is 1. The second-order valence-electron chi connectivity index (χ2n) is 8.23. The number of fused-ring (bicyclic) bond motifs is 1. The first-order valence-electron chi connectivity index (χ1n) is 11.3. The lowest BCUT2D eigenvalue weighted by Crippen LogP contribution is -2.32. The van der Waals surface area contributed by atoms with Crippen molar-refractivity contribution < 1.29 is 9.15 Å². The number of oxazole rings is 1. The summed E-state index contributed by atoms with van der Waals surface area (Å²) in [5, 5.41) is 24.7. The van der Waals surface area contributed by atoms with Gasteiger partial charge in [-0.25, -0.2) is 15.0 Å². The molecular formula is C26H20ClN9O2. The van der Waals surface area contributed by atoms with Crippen molar-refractivity contribution >= 4 is 34.9 Å². The molecule has 3 heterocycles. The summed E-state index contributed by atoms with van der Waals surface area (Å²) in [6, 6.07) is 15.7. The van der Waals surface area contributed by atoms with Gasteiger partial charge in [-0.2, -0.15) is 10.5 Å². The smallest absolute Gasteiger partial charge is 0.228 e. The highest BCUT2D eigenvalue weighted by Gasteiger charge is 2.31. The lowest BCUT2D eigenvalue weighted by molar-refractivity contribution is 0.295. The zero-order chi connectivity index (χ0) is 26.8. The van der Waals surface area contributed by atoms with E-state index >= 15 is 0 Å². The fraction of sp³-hybridized carbons (Fsp3) is 0.115. The Morgan fingerprint density at radius 2 is 1.89 bits per heavy atom. The average Bonchev–Trinajstić information content (AvgIpc) is 3.27. The Bertz CT molecular complexity index is 1670.